The van der Waals surface area contributed by atoms with E-state index in [2.05, 4.69) is 56.1 Å². The summed E-state index contributed by atoms with van der Waals surface area (Å²) < 4.78 is 9.56. The van der Waals surface area contributed by atoms with E-state index in [0.717, 1.165) is 10.7 Å². The summed E-state index contributed by atoms with van der Waals surface area (Å²) in [5.41, 5.74) is 2.65. The van der Waals surface area contributed by atoms with Crippen LogP contribution in [0.25, 0.3) is 0 Å². The van der Waals surface area contributed by atoms with E-state index >= 15 is 0 Å². The molecule has 0 aromatic heterocycles. The molecule has 1 rings (SSSR count). The highest BCUT2D eigenvalue weighted by Gasteiger charge is 1.89. The van der Waals surface area contributed by atoms with Gasteiger partial charge in [0.05, 0.1) is 12.5 Å². The first-order valence-corrected chi connectivity index (χ1v) is 8.26. The topological polar surface area (TPSA) is 23.1 Å². The SMILES string of the molecule is BrCc1ccc(CBr)cc1.C[S+](C)[O-]. The molecule has 0 saturated carbocycles. The lowest BCUT2D eigenvalue weighted by atomic mass is 10.2. The monoisotopic (exact) mass is 340 g/mol. The van der Waals surface area contributed by atoms with Gasteiger partial charge in [0.15, 0.2) is 0 Å². The molecule has 0 spiro atoms. The predicted octanol–water partition coefficient (Wildman–Crippen LogP) is 3.47. The van der Waals surface area contributed by atoms with E-state index in [1.165, 1.54) is 11.1 Å². The maximum absolute atomic E-state index is 9.56. The lowest BCUT2D eigenvalue weighted by Gasteiger charge is -1.96. The van der Waals surface area contributed by atoms with Gasteiger partial charge in [0.25, 0.3) is 0 Å². The zero-order valence-corrected chi connectivity index (χ0v) is 12.3. The standard InChI is InChI=1S/C8H8Br2.C2H6OS/c9-5-7-1-2-8(6-10)4-3-7;1-4(2)3/h1-4H,5-6H2;1-2H3. The number of hydrogen-bond donors (Lipinski definition) is 0. The molecule has 0 aliphatic carbocycles. The molecule has 0 saturated heterocycles. The van der Waals surface area contributed by atoms with Crippen molar-refractivity contribution < 1.29 is 4.55 Å². The third kappa shape index (κ3) is 7.85. The van der Waals surface area contributed by atoms with Crippen molar-refractivity contribution in [2.24, 2.45) is 0 Å². The van der Waals surface area contributed by atoms with Gasteiger partial charge in [0, 0.05) is 10.7 Å². The Kier molecular flexibility index (Phi) is 9.08. The van der Waals surface area contributed by atoms with E-state index in [1.807, 2.05) is 0 Å². The van der Waals surface area contributed by atoms with Gasteiger partial charge < -0.3 is 4.55 Å². The van der Waals surface area contributed by atoms with E-state index in [4.69, 9.17) is 0 Å². The smallest absolute Gasteiger partial charge is 0.0946 e. The van der Waals surface area contributed by atoms with Crippen molar-refractivity contribution in [2.45, 2.75) is 10.7 Å². The van der Waals surface area contributed by atoms with Crippen molar-refractivity contribution in [3.8, 4) is 0 Å². The molecule has 0 aliphatic heterocycles. The first-order chi connectivity index (χ1) is 6.60. The number of rotatable bonds is 2. The van der Waals surface area contributed by atoms with Crippen molar-refractivity contribution in [3.05, 3.63) is 35.4 Å². The molecule has 0 N–H and O–H groups in total. The van der Waals surface area contributed by atoms with Crippen LogP contribution >= 0.6 is 31.9 Å². The number of benzene rings is 1. The molecular weight excluding hydrogens is 328 g/mol. The second kappa shape index (κ2) is 8.77. The largest absolute Gasteiger partial charge is 0.617 e. The van der Waals surface area contributed by atoms with Crippen molar-refractivity contribution in [1.29, 1.82) is 0 Å². The van der Waals surface area contributed by atoms with Crippen LogP contribution < -0.4 is 0 Å². The summed E-state index contributed by atoms with van der Waals surface area (Å²) in [5.74, 6) is 0. The summed E-state index contributed by atoms with van der Waals surface area (Å²) >= 11 is 6.17. The normalized spacial score (nSPS) is 9.57. The number of halogens is 2. The van der Waals surface area contributed by atoms with E-state index in [9.17, 15) is 4.55 Å². The molecule has 80 valence electrons. The van der Waals surface area contributed by atoms with E-state index < -0.39 is 11.2 Å². The second-order valence-electron chi connectivity index (χ2n) is 2.83. The van der Waals surface area contributed by atoms with Crippen molar-refractivity contribution >= 4 is 43.0 Å². The van der Waals surface area contributed by atoms with Gasteiger partial charge in [-0.25, -0.2) is 0 Å². The first kappa shape index (κ1) is 14.5. The third-order valence-corrected chi connectivity index (χ3v) is 2.63. The Balaban J connectivity index is 0.000000364. The lowest BCUT2D eigenvalue weighted by molar-refractivity contribution is 0.606. The lowest BCUT2D eigenvalue weighted by Crippen LogP contribution is -1.86. The molecule has 1 aromatic carbocycles. The highest BCUT2D eigenvalue weighted by molar-refractivity contribution is 9.08. The Bertz CT molecular complexity index is 211. The molecule has 1 aromatic rings. The van der Waals surface area contributed by atoms with Gasteiger partial charge in [-0.1, -0.05) is 67.3 Å². The maximum atomic E-state index is 9.56. The first-order valence-electron chi connectivity index (χ1n) is 4.05. The van der Waals surface area contributed by atoms with Gasteiger partial charge in [0.2, 0.25) is 0 Å². The predicted molar refractivity (Wildman–Crippen MR) is 71.7 cm³/mol. The van der Waals surface area contributed by atoms with Gasteiger partial charge in [-0.15, -0.1) is 0 Å². The third-order valence-electron chi connectivity index (χ3n) is 1.33. The number of alkyl halides is 2. The second-order valence-corrected chi connectivity index (χ2v) is 5.43. The van der Waals surface area contributed by atoms with Crippen LogP contribution in [0.3, 0.4) is 0 Å². The Labute approximate surface area is 106 Å². The molecule has 0 amide bonds. The minimum Gasteiger partial charge on any atom is -0.617 e. The van der Waals surface area contributed by atoms with Gasteiger partial charge in [0.1, 0.15) is 0 Å². The Hall–Kier alpha value is 0.490. The molecule has 0 fully saturated rings. The molecule has 4 heteroatoms. The molecular formula is C10H14Br2OS. The summed E-state index contributed by atoms with van der Waals surface area (Å²) in [5, 5.41) is 1.88. The molecule has 0 bridgehead atoms. The van der Waals surface area contributed by atoms with E-state index in [1.54, 1.807) is 12.5 Å². The summed E-state index contributed by atoms with van der Waals surface area (Å²) in [6, 6.07) is 8.52. The molecule has 0 atom stereocenters. The Morgan fingerprint density at radius 2 is 1.21 bits per heavy atom. The summed E-state index contributed by atoms with van der Waals surface area (Å²) in [6.45, 7) is 0. The van der Waals surface area contributed by atoms with Gasteiger partial charge in [-0.05, 0) is 11.1 Å². The van der Waals surface area contributed by atoms with Gasteiger partial charge in [-0.3, -0.25) is 0 Å². The highest BCUT2D eigenvalue weighted by Crippen LogP contribution is 2.09. The molecule has 0 radical (unpaired) electrons. The summed E-state index contributed by atoms with van der Waals surface area (Å²) in [7, 11) is 0. The average molecular weight is 342 g/mol. The van der Waals surface area contributed by atoms with Gasteiger partial charge >= 0.3 is 0 Å². The summed E-state index contributed by atoms with van der Waals surface area (Å²) in [6.07, 6.45) is 3.28. The van der Waals surface area contributed by atoms with Crippen molar-refractivity contribution in [1.82, 2.24) is 0 Å². The fraction of sp³-hybridized carbons (Fsp3) is 0.400. The van der Waals surface area contributed by atoms with Crippen LogP contribution in [0, 0.1) is 0 Å². The molecule has 14 heavy (non-hydrogen) atoms. The Morgan fingerprint density at radius 3 is 1.36 bits per heavy atom. The maximum Gasteiger partial charge on any atom is 0.0946 e. The van der Waals surface area contributed by atoms with Crippen LogP contribution in [0.2, 0.25) is 0 Å². The zero-order valence-electron chi connectivity index (χ0n) is 8.30. The van der Waals surface area contributed by atoms with Gasteiger partial charge in [-0.2, -0.15) is 0 Å². The quantitative estimate of drug-likeness (QED) is 0.596. The molecule has 1 nitrogen and oxygen atoms in total. The fourth-order valence-corrected chi connectivity index (χ4v) is 1.47. The van der Waals surface area contributed by atoms with Crippen molar-refractivity contribution in [3.63, 3.8) is 0 Å². The molecule has 0 aliphatic rings. The summed E-state index contributed by atoms with van der Waals surface area (Å²) in [4.78, 5) is 0. The van der Waals surface area contributed by atoms with Crippen LogP contribution in [0.15, 0.2) is 24.3 Å². The van der Waals surface area contributed by atoms with Crippen LogP contribution in [0.1, 0.15) is 11.1 Å². The molecule has 0 unspecified atom stereocenters. The van der Waals surface area contributed by atoms with Crippen LogP contribution in [0.4, 0.5) is 0 Å². The minimum atomic E-state index is -0.611. The van der Waals surface area contributed by atoms with Crippen LogP contribution in [-0.4, -0.2) is 17.1 Å². The van der Waals surface area contributed by atoms with Crippen LogP contribution in [0.5, 0.6) is 0 Å². The number of hydrogen-bond acceptors (Lipinski definition) is 1. The molecule has 0 heterocycles. The van der Waals surface area contributed by atoms with Crippen LogP contribution in [-0.2, 0) is 21.8 Å². The highest BCUT2D eigenvalue weighted by atomic mass is 79.9. The minimum absolute atomic E-state index is 0.611. The Morgan fingerprint density at radius 1 is 1.00 bits per heavy atom. The van der Waals surface area contributed by atoms with E-state index in [0.29, 0.717) is 0 Å². The zero-order chi connectivity index (χ0) is 11.0. The van der Waals surface area contributed by atoms with E-state index in [-0.39, 0.29) is 0 Å². The fourth-order valence-electron chi connectivity index (χ4n) is 0.717. The average Bonchev–Trinajstić information content (AvgIpc) is 2.17. The van der Waals surface area contributed by atoms with Crippen molar-refractivity contribution in [2.75, 3.05) is 12.5 Å².